The van der Waals surface area contributed by atoms with Crippen molar-refractivity contribution in [2.75, 3.05) is 4.72 Å². The summed E-state index contributed by atoms with van der Waals surface area (Å²) in [6.45, 7) is 0.153. The van der Waals surface area contributed by atoms with E-state index < -0.39 is 15.9 Å². The molecule has 0 aliphatic rings. The van der Waals surface area contributed by atoms with Gasteiger partial charge in [0.25, 0.3) is 10.0 Å². The molecule has 3 aromatic rings. The fraction of sp³-hybridized carbons (Fsp3) is 0.0526. The zero-order chi connectivity index (χ0) is 20.1. The first-order valence-corrected chi connectivity index (χ1v) is 9.94. The van der Waals surface area contributed by atoms with Crippen molar-refractivity contribution in [3.63, 3.8) is 0 Å². The third-order valence-corrected chi connectivity index (χ3v) is 5.36. The summed E-state index contributed by atoms with van der Waals surface area (Å²) in [5.41, 5.74) is 6.57. The lowest BCUT2D eigenvalue weighted by atomic mass is 10.2. The maximum Gasteiger partial charge on any atom is 0.261 e. The van der Waals surface area contributed by atoms with Gasteiger partial charge in [0.1, 0.15) is 12.4 Å². The molecule has 0 radical (unpaired) electrons. The molecule has 0 unspecified atom stereocenters. The summed E-state index contributed by atoms with van der Waals surface area (Å²) in [5.74, 6) is -0.222. The minimum atomic E-state index is -3.74. The van der Waals surface area contributed by atoms with E-state index in [1.54, 1.807) is 24.3 Å². The van der Waals surface area contributed by atoms with Crippen molar-refractivity contribution in [1.29, 1.82) is 0 Å². The molecule has 3 rings (SSSR count). The molecule has 1 amide bonds. The van der Waals surface area contributed by atoms with Gasteiger partial charge in [-0.3, -0.25) is 14.5 Å². The number of carbonyl (C=O) groups is 1. The highest BCUT2D eigenvalue weighted by Crippen LogP contribution is 2.20. The van der Waals surface area contributed by atoms with Crippen LogP contribution in [0.2, 0.25) is 5.02 Å². The van der Waals surface area contributed by atoms with Gasteiger partial charge in [-0.25, -0.2) is 8.42 Å². The van der Waals surface area contributed by atoms with Crippen molar-refractivity contribution in [3.8, 4) is 5.75 Å². The molecule has 7 nitrogen and oxygen atoms in total. The fourth-order valence-electron chi connectivity index (χ4n) is 2.35. The topological polar surface area (TPSA) is 111 Å². The molecule has 0 saturated carbocycles. The third-order valence-electron chi connectivity index (χ3n) is 3.71. The molecule has 0 fully saturated rings. The van der Waals surface area contributed by atoms with E-state index >= 15 is 0 Å². The minimum Gasteiger partial charge on any atom is -0.487 e. The van der Waals surface area contributed by atoms with Crippen LogP contribution < -0.4 is 15.2 Å². The van der Waals surface area contributed by atoms with Gasteiger partial charge in [0.15, 0.2) is 0 Å². The molecule has 0 atom stereocenters. The Labute approximate surface area is 167 Å². The van der Waals surface area contributed by atoms with Crippen molar-refractivity contribution in [3.05, 3.63) is 83.1 Å². The lowest BCUT2D eigenvalue weighted by Crippen LogP contribution is -2.13. The number of pyridine rings is 1. The molecule has 9 heteroatoms. The van der Waals surface area contributed by atoms with Crippen LogP contribution in [0.25, 0.3) is 0 Å². The largest absolute Gasteiger partial charge is 0.487 e. The first kappa shape index (κ1) is 19.7. The summed E-state index contributed by atoms with van der Waals surface area (Å²) < 4.78 is 33.1. The molecular formula is C19H16ClN3O4S. The number of nitrogens with two attached hydrogens (primary N) is 1. The monoisotopic (exact) mass is 417 g/mol. The maximum absolute atomic E-state index is 12.5. The first-order valence-electron chi connectivity index (χ1n) is 8.08. The summed E-state index contributed by atoms with van der Waals surface area (Å²) in [5, 5.41) is 0.452. The van der Waals surface area contributed by atoms with Gasteiger partial charge in [0.2, 0.25) is 5.91 Å². The second-order valence-corrected chi connectivity index (χ2v) is 7.94. The van der Waals surface area contributed by atoms with E-state index in [1.165, 1.54) is 42.7 Å². The molecule has 2 aromatic carbocycles. The highest BCUT2D eigenvalue weighted by molar-refractivity contribution is 7.92. The van der Waals surface area contributed by atoms with Crippen LogP contribution in [0.5, 0.6) is 5.75 Å². The fourth-order valence-corrected chi connectivity index (χ4v) is 3.53. The van der Waals surface area contributed by atoms with Gasteiger partial charge < -0.3 is 10.5 Å². The van der Waals surface area contributed by atoms with Gasteiger partial charge in [-0.15, -0.1) is 0 Å². The predicted octanol–water partition coefficient (Wildman–Crippen LogP) is 3.21. The average molecular weight is 418 g/mol. The molecule has 0 bridgehead atoms. The van der Waals surface area contributed by atoms with Crippen LogP contribution in [0.15, 0.2) is 71.9 Å². The molecule has 28 heavy (non-hydrogen) atoms. The number of carbonyl (C=O) groups excluding carboxylic acids is 1. The molecule has 144 valence electrons. The lowest BCUT2D eigenvalue weighted by molar-refractivity contribution is 0.0999. The summed E-state index contributed by atoms with van der Waals surface area (Å²) in [4.78, 5) is 15.2. The molecule has 3 N–H and O–H groups in total. The molecule has 0 spiro atoms. The Kier molecular flexibility index (Phi) is 5.81. The quantitative estimate of drug-likeness (QED) is 0.613. The van der Waals surface area contributed by atoms with E-state index in [1.807, 2.05) is 0 Å². The average Bonchev–Trinajstić information content (AvgIpc) is 2.67. The van der Waals surface area contributed by atoms with Gasteiger partial charge in [0, 0.05) is 16.9 Å². The number of nitrogens with zero attached hydrogens (tertiary/aromatic N) is 1. The Morgan fingerprint density at radius 1 is 1.11 bits per heavy atom. The van der Waals surface area contributed by atoms with E-state index in [2.05, 4.69) is 9.71 Å². The second-order valence-electron chi connectivity index (χ2n) is 5.82. The highest BCUT2D eigenvalue weighted by Gasteiger charge is 2.14. The van der Waals surface area contributed by atoms with Crippen LogP contribution in [0.3, 0.4) is 0 Å². The molecule has 0 aliphatic heterocycles. The van der Waals surface area contributed by atoms with E-state index in [0.29, 0.717) is 16.5 Å². The van der Waals surface area contributed by atoms with E-state index in [0.717, 1.165) is 5.56 Å². The lowest BCUT2D eigenvalue weighted by Gasteiger charge is -2.11. The summed E-state index contributed by atoms with van der Waals surface area (Å²) in [6.07, 6.45) is 2.81. The van der Waals surface area contributed by atoms with Crippen LogP contribution in [-0.2, 0) is 16.6 Å². The summed E-state index contributed by atoms with van der Waals surface area (Å²) in [6, 6.07) is 14.1. The number of halogens is 1. The van der Waals surface area contributed by atoms with Crippen LogP contribution in [-0.4, -0.2) is 19.3 Å². The maximum atomic E-state index is 12.5. The smallest absolute Gasteiger partial charge is 0.261 e. The van der Waals surface area contributed by atoms with Crippen molar-refractivity contribution in [2.24, 2.45) is 5.73 Å². The number of nitrogens with one attached hydrogen (secondary N) is 1. The van der Waals surface area contributed by atoms with Crippen LogP contribution in [0, 0.1) is 0 Å². The van der Waals surface area contributed by atoms with E-state index in [-0.39, 0.29) is 17.1 Å². The standard InChI is InChI=1S/C19H16ClN3O4S/c20-15-4-6-18(7-5-15)28(25,26)23-16-3-1-2-13(8-16)12-27-17-9-14(19(21)24)10-22-11-17/h1-11,23H,12H2,(H2,21,24). The molecular weight excluding hydrogens is 402 g/mol. The Balaban J connectivity index is 1.71. The van der Waals surface area contributed by atoms with Crippen LogP contribution in [0.4, 0.5) is 5.69 Å². The normalized spacial score (nSPS) is 11.0. The minimum absolute atomic E-state index is 0.105. The molecule has 0 aliphatic carbocycles. The third kappa shape index (κ3) is 4.99. The zero-order valence-electron chi connectivity index (χ0n) is 14.5. The number of amides is 1. The Morgan fingerprint density at radius 3 is 2.57 bits per heavy atom. The predicted molar refractivity (Wildman–Crippen MR) is 106 cm³/mol. The van der Waals surface area contributed by atoms with Gasteiger partial charge in [-0.05, 0) is 48.0 Å². The Morgan fingerprint density at radius 2 is 1.86 bits per heavy atom. The van der Waals surface area contributed by atoms with E-state index in [9.17, 15) is 13.2 Å². The number of ether oxygens (including phenoxy) is 1. The van der Waals surface area contributed by atoms with Crippen molar-refractivity contribution in [1.82, 2.24) is 4.98 Å². The molecule has 1 aromatic heterocycles. The van der Waals surface area contributed by atoms with Crippen molar-refractivity contribution in [2.45, 2.75) is 11.5 Å². The number of anilines is 1. The summed E-state index contributed by atoms with van der Waals surface area (Å²) in [7, 11) is -3.74. The Bertz CT molecular complexity index is 1100. The zero-order valence-corrected chi connectivity index (χ0v) is 16.1. The number of primary amides is 1. The number of hydrogen-bond acceptors (Lipinski definition) is 5. The summed E-state index contributed by atoms with van der Waals surface area (Å²) >= 11 is 5.80. The van der Waals surface area contributed by atoms with Gasteiger partial charge in [-0.2, -0.15) is 0 Å². The van der Waals surface area contributed by atoms with Crippen molar-refractivity contribution >= 4 is 33.2 Å². The van der Waals surface area contributed by atoms with Crippen molar-refractivity contribution < 1.29 is 17.9 Å². The highest BCUT2D eigenvalue weighted by atomic mass is 35.5. The van der Waals surface area contributed by atoms with Gasteiger partial charge in [-0.1, -0.05) is 23.7 Å². The van der Waals surface area contributed by atoms with Crippen LogP contribution >= 0.6 is 11.6 Å². The van der Waals surface area contributed by atoms with Gasteiger partial charge in [0.05, 0.1) is 16.7 Å². The van der Waals surface area contributed by atoms with Crippen LogP contribution in [0.1, 0.15) is 15.9 Å². The first-order chi connectivity index (χ1) is 13.3. The number of hydrogen-bond donors (Lipinski definition) is 2. The van der Waals surface area contributed by atoms with Gasteiger partial charge >= 0.3 is 0 Å². The SMILES string of the molecule is NC(=O)c1cncc(OCc2cccc(NS(=O)(=O)c3ccc(Cl)cc3)c2)c1. The molecule has 0 saturated heterocycles. The number of benzene rings is 2. The molecule has 1 heterocycles. The second kappa shape index (κ2) is 8.28. The number of sulfonamides is 1. The number of rotatable bonds is 7. The Hall–Kier alpha value is -3.10. The van der Waals surface area contributed by atoms with E-state index in [4.69, 9.17) is 22.1 Å². The number of aromatic nitrogens is 1.